The van der Waals surface area contributed by atoms with Crippen molar-refractivity contribution in [3.8, 4) is 49.1 Å². The van der Waals surface area contributed by atoms with E-state index in [9.17, 15) is 39.3 Å². The molecule has 7 aromatic heterocycles. The van der Waals surface area contributed by atoms with Gasteiger partial charge in [0.1, 0.15) is 93.8 Å². The number of nitrogens with two attached hydrogens (primary N) is 1. The van der Waals surface area contributed by atoms with Gasteiger partial charge < -0.3 is 41.9 Å². The molecule has 9 heterocycles. The molecule has 5 amide bonds. The van der Waals surface area contributed by atoms with Crippen molar-refractivity contribution in [3.63, 3.8) is 0 Å². The number of carbonyl (C=O) groups excluding carboxylic acids is 6. The van der Waals surface area contributed by atoms with Crippen molar-refractivity contribution in [2.75, 3.05) is 6.54 Å². The minimum absolute atomic E-state index is 0.00227. The first kappa shape index (κ1) is 54.1. The zero-order chi connectivity index (χ0) is 55.9. The predicted molar refractivity (Wildman–Crippen MR) is 301 cm³/mol. The number of aliphatic hydroxyl groups is 2. The fourth-order valence-corrected chi connectivity index (χ4v) is 14.5. The minimum Gasteiger partial charge on any atom is -0.508 e. The molecule has 1 fully saturated rings. The number of aromatic hydroxyl groups is 1. The number of aryl methyl sites for hydroxylation is 1. The molecule has 0 radical (unpaired) electrons. The molecule has 80 heavy (non-hydrogen) atoms. The van der Waals surface area contributed by atoms with Gasteiger partial charge in [-0.25, -0.2) is 34.9 Å². The first-order chi connectivity index (χ1) is 38.6. The molecule has 21 nitrogen and oxygen atoms in total. The number of pyridine rings is 1. The van der Waals surface area contributed by atoms with E-state index in [2.05, 4.69) is 30.9 Å². The Kier molecular flexibility index (Phi) is 15.3. The van der Waals surface area contributed by atoms with E-state index in [0.29, 0.717) is 70.7 Å². The smallest absolute Gasteiger partial charge is 0.271 e. The third-order valence-corrected chi connectivity index (χ3v) is 18.9. The average Bonchev–Trinajstić information content (AvgIpc) is 4.36. The van der Waals surface area contributed by atoms with Gasteiger partial charge in [-0.2, -0.15) is 0 Å². The lowest BCUT2D eigenvalue weighted by molar-refractivity contribution is -0.134. The molecule has 27 heteroatoms. The number of aromatic nitrogens is 7. The highest BCUT2D eigenvalue weighted by Gasteiger charge is 2.45. The molecule has 0 aliphatic carbocycles. The molecule has 2 aliphatic rings. The summed E-state index contributed by atoms with van der Waals surface area (Å²) in [6, 6.07) is 13.9. The summed E-state index contributed by atoms with van der Waals surface area (Å²) in [4.78, 5) is 118. The summed E-state index contributed by atoms with van der Waals surface area (Å²) in [5.41, 5.74) is 9.02. The lowest BCUT2D eigenvalue weighted by atomic mass is 10.00. The van der Waals surface area contributed by atoms with Crippen LogP contribution in [0.5, 0.6) is 5.75 Å². The van der Waals surface area contributed by atoms with E-state index in [4.69, 9.17) is 25.7 Å². The summed E-state index contributed by atoms with van der Waals surface area (Å²) in [6.45, 7) is 3.38. The third-order valence-electron chi connectivity index (χ3n) is 13.4. The number of phenols is 1. The number of aldehydes is 1. The summed E-state index contributed by atoms with van der Waals surface area (Å²) in [7, 11) is 0. The maximum Gasteiger partial charge on any atom is 0.271 e. The minimum atomic E-state index is -1.40. The van der Waals surface area contributed by atoms with Crippen LogP contribution in [-0.4, -0.2) is 110 Å². The van der Waals surface area contributed by atoms with Crippen LogP contribution in [0.4, 0.5) is 0 Å². The van der Waals surface area contributed by atoms with Crippen molar-refractivity contribution in [3.05, 3.63) is 147 Å². The van der Waals surface area contributed by atoms with Crippen LogP contribution in [0.15, 0.2) is 93.6 Å². The molecular weight excluding hydrogens is 1140 g/mol. The lowest BCUT2D eigenvalue weighted by Gasteiger charge is -2.29. The number of primary amides is 1. The molecule has 7 atom stereocenters. The van der Waals surface area contributed by atoms with Crippen molar-refractivity contribution in [2.24, 2.45) is 11.7 Å². The van der Waals surface area contributed by atoms with Gasteiger partial charge in [-0.1, -0.05) is 49.4 Å². The molecule has 8 N–H and O–H groups in total. The largest absolute Gasteiger partial charge is 0.508 e. The van der Waals surface area contributed by atoms with Gasteiger partial charge in [0, 0.05) is 56.2 Å². The number of aliphatic hydroxyl groups excluding tert-OH is 2. The van der Waals surface area contributed by atoms with Crippen LogP contribution in [0.25, 0.3) is 43.4 Å². The van der Waals surface area contributed by atoms with E-state index in [-0.39, 0.29) is 57.9 Å². The molecule has 0 unspecified atom stereocenters. The first-order valence-electron chi connectivity index (χ1n) is 24.5. The Morgan fingerprint density at radius 3 is 2.10 bits per heavy atom. The molecule has 1 saturated heterocycles. The van der Waals surface area contributed by atoms with Crippen molar-refractivity contribution in [1.82, 2.24) is 55.7 Å². The zero-order valence-electron chi connectivity index (χ0n) is 41.9. The average molecular weight is 1190 g/mol. The third kappa shape index (κ3) is 11.0. The van der Waals surface area contributed by atoms with Crippen LogP contribution in [0, 0.1) is 12.8 Å². The van der Waals surface area contributed by atoms with E-state index in [1.54, 1.807) is 77.7 Å². The second-order valence-electron chi connectivity index (χ2n) is 18.7. The van der Waals surface area contributed by atoms with Gasteiger partial charge in [0.2, 0.25) is 11.8 Å². The van der Waals surface area contributed by atoms with Gasteiger partial charge >= 0.3 is 0 Å². The van der Waals surface area contributed by atoms with Crippen LogP contribution in [0.1, 0.15) is 111 Å². The van der Waals surface area contributed by atoms with Gasteiger partial charge in [0.25, 0.3) is 17.7 Å². The maximum absolute atomic E-state index is 15.1. The molecule has 2 aliphatic heterocycles. The normalized spacial score (nSPS) is 20.1. The Morgan fingerprint density at radius 2 is 1.35 bits per heavy atom. The van der Waals surface area contributed by atoms with E-state index in [1.165, 1.54) is 56.4 Å². The van der Waals surface area contributed by atoms with Crippen LogP contribution >= 0.6 is 68.0 Å². The van der Waals surface area contributed by atoms with Crippen LogP contribution in [-0.2, 0) is 16.0 Å². The number of hydrogen-bond acceptors (Lipinski definition) is 22. The molecule has 9 aromatic rings. The van der Waals surface area contributed by atoms with Crippen molar-refractivity contribution in [1.29, 1.82) is 0 Å². The number of fused-ring (bicyclic) bond motifs is 16. The maximum atomic E-state index is 15.1. The number of benzene rings is 2. The number of carbonyl (C=O) groups is 6. The van der Waals surface area contributed by atoms with Crippen LogP contribution in [0.3, 0.4) is 0 Å². The van der Waals surface area contributed by atoms with Gasteiger partial charge in [-0.15, -0.1) is 68.0 Å². The zero-order valence-corrected chi connectivity index (χ0v) is 46.8. The summed E-state index contributed by atoms with van der Waals surface area (Å²) in [5, 5.41) is 52.5. The number of hydrogen-bond donors (Lipinski definition) is 7. The number of amides is 5. The highest BCUT2D eigenvalue weighted by atomic mass is 32.1. The number of rotatable bonds is 8. The fraction of sp³-hybridized carbons (Fsp3) is 0.226. The highest BCUT2D eigenvalue weighted by Crippen LogP contribution is 2.43. The van der Waals surface area contributed by atoms with Gasteiger partial charge in [-0.3, -0.25) is 28.8 Å². The van der Waals surface area contributed by atoms with Gasteiger partial charge in [0.15, 0.2) is 6.29 Å². The molecule has 0 spiro atoms. The number of thiazole rings is 6. The second kappa shape index (κ2) is 22.7. The van der Waals surface area contributed by atoms with Crippen molar-refractivity contribution in [2.45, 2.75) is 63.1 Å². The molecular formula is C53H44N12O9S6. The standard InChI is InChI=1S/C53H44N12O9S6/c1-23-37(68)16-65-42(23)52-62-36(22-79-52)49-59-33(19-77-49)40-29(12-13-30(56-40)48-55-27(17-66)18-75-48)47-60-34(20-76-47)44(71)57-31(15-38(54)69)50-64-39(24(2)80-50)46(73)63-41(43(70)26-6-4-3-5-7-26)51-61-35(21-78-51)45(72)58-32(53(65)74)14-25-8-10-28(67)11-9-25/h3-13,17-23,31-32,37,41-43,67-68,70H,14-16H2,1-2H3,(H2,54,69)(H,57,71)(H,58,72)(H,63,73)/t23-,31-,32-,37-,41-,42-,43+/m0/s1. The topological polar surface area (TPSA) is 319 Å². The monoisotopic (exact) mass is 1180 g/mol. The predicted octanol–water partition coefficient (Wildman–Crippen LogP) is 7.10. The molecule has 10 bridgehead atoms. The van der Waals surface area contributed by atoms with Crippen LogP contribution < -0.4 is 21.7 Å². The van der Waals surface area contributed by atoms with Crippen molar-refractivity contribution < 1.29 is 44.1 Å². The molecule has 0 saturated carbocycles. The summed E-state index contributed by atoms with van der Waals surface area (Å²) in [6.07, 6.45) is -2.12. The van der Waals surface area contributed by atoms with E-state index in [0.717, 1.165) is 34.0 Å². The SMILES string of the molecule is Cc1sc2nc1C(=O)N[C@@H]([C@H](O)c1ccccc1)c1nc(cs1)C(=O)N[C@@H](Cc1ccc(O)cc1)C(=O)N1C[C@H](O)[C@H](C)[C@H]1c1nc(cs1)-c1nc(cs1)-c1nc(-c3nc(C=O)cs3)ccc1-c1nc(cs1)C(=O)N[C@H]2CC(N)=O. The molecule has 11 rings (SSSR count). The summed E-state index contributed by atoms with van der Waals surface area (Å²) < 4.78 is 0. The fourth-order valence-electron chi connectivity index (χ4n) is 9.26. The van der Waals surface area contributed by atoms with Gasteiger partial charge in [-0.05, 0) is 42.3 Å². The Bertz CT molecular complexity index is 3840. The summed E-state index contributed by atoms with van der Waals surface area (Å²) in [5.74, 6) is -3.93. The van der Waals surface area contributed by atoms with Crippen molar-refractivity contribution >= 4 is 104 Å². The highest BCUT2D eigenvalue weighted by molar-refractivity contribution is 7.15. The Morgan fingerprint density at radius 1 is 0.700 bits per heavy atom. The molecule has 2 aromatic carbocycles. The first-order valence-corrected chi connectivity index (χ1v) is 29.7. The Labute approximate surface area is 478 Å². The Hall–Kier alpha value is -7.89. The Balaban J connectivity index is 1.02. The van der Waals surface area contributed by atoms with E-state index >= 15 is 4.79 Å². The van der Waals surface area contributed by atoms with E-state index in [1.807, 2.05) is 12.3 Å². The lowest BCUT2D eigenvalue weighted by Crippen LogP contribution is -2.50. The summed E-state index contributed by atoms with van der Waals surface area (Å²) >= 11 is 7.00. The quantitative estimate of drug-likeness (QED) is 0.0746. The van der Waals surface area contributed by atoms with E-state index < -0.39 is 71.8 Å². The second-order valence-corrected chi connectivity index (χ2v) is 24.3. The number of nitrogens with one attached hydrogen (secondary N) is 3. The van der Waals surface area contributed by atoms with Crippen LogP contribution in [0.2, 0.25) is 0 Å². The van der Waals surface area contributed by atoms with Gasteiger partial charge in [0.05, 0.1) is 30.3 Å². The number of nitrogens with zero attached hydrogens (tertiary/aromatic N) is 8. The molecule has 406 valence electrons. The number of phenolic OH excluding ortho intramolecular Hbond substituents is 1.